The maximum atomic E-state index is 11.4. The van der Waals surface area contributed by atoms with E-state index in [-0.39, 0.29) is 12.0 Å². The molecular formula is C11H13NO3. The molecule has 0 spiro atoms. The van der Waals surface area contributed by atoms with Gasteiger partial charge < -0.3 is 9.47 Å². The van der Waals surface area contributed by atoms with Crippen LogP contribution in [0.3, 0.4) is 0 Å². The van der Waals surface area contributed by atoms with Gasteiger partial charge in [-0.3, -0.25) is 5.32 Å². The van der Waals surface area contributed by atoms with Gasteiger partial charge in [-0.25, -0.2) is 4.79 Å². The number of ether oxygens (including phenoxy) is 2. The molecule has 15 heavy (non-hydrogen) atoms. The summed E-state index contributed by atoms with van der Waals surface area (Å²) >= 11 is 0. The molecule has 2 unspecified atom stereocenters. The lowest BCUT2D eigenvalue weighted by molar-refractivity contribution is -0.151. The first-order chi connectivity index (χ1) is 7.33. The van der Waals surface area contributed by atoms with E-state index in [0.717, 1.165) is 5.56 Å². The van der Waals surface area contributed by atoms with E-state index in [2.05, 4.69) is 10.1 Å². The van der Waals surface area contributed by atoms with Gasteiger partial charge >= 0.3 is 5.97 Å². The molecule has 80 valence electrons. The fraction of sp³-hybridized carbons (Fsp3) is 0.364. The zero-order valence-corrected chi connectivity index (χ0v) is 8.47. The molecule has 1 saturated heterocycles. The van der Waals surface area contributed by atoms with E-state index in [1.807, 2.05) is 30.3 Å². The highest BCUT2D eigenvalue weighted by molar-refractivity contribution is 5.76. The minimum atomic E-state index is -0.544. The number of nitrogens with one attached hydrogen (secondary N) is 1. The average molecular weight is 207 g/mol. The fourth-order valence-corrected chi connectivity index (χ4v) is 1.70. The van der Waals surface area contributed by atoms with E-state index in [0.29, 0.717) is 6.73 Å². The molecule has 1 aromatic carbocycles. The molecule has 1 fully saturated rings. The third-order valence-electron chi connectivity index (χ3n) is 2.46. The van der Waals surface area contributed by atoms with Crippen molar-refractivity contribution in [3.05, 3.63) is 35.9 Å². The van der Waals surface area contributed by atoms with E-state index < -0.39 is 6.10 Å². The van der Waals surface area contributed by atoms with Crippen molar-refractivity contribution in [1.82, 2.24) is 5.32 Å². The van der Waals surface area contributed by atoms with Gasteiger partial charge in [-0.15, -0.1) is 0 Å². The Bertz CT molecular complexity index is 339. The SMILES string of the molecule is COC(=O)C1OCNC1c1ccccc1. The number of rotatable bonds is 2. The van der Waals surface area contributed by atoms with Crippen LogP contribution in [0.2, 0.25) is 0 Å². The number of carbonyl (C=O) groups is 1. The first-order valence-corrected chi connectivity index (χ1v) is 4.80. The first kappa shape index (κ1) is 10.1. The highest BCUT2D eigenvalue weighted by atomic mass is 16.6. The molecule has 4 nitrogen and oxygen atoms in total. The Morgan fingerprint density at radius 3 is 2.87 bits per heavy atom. The lowest BCUT2D eigenvalue weighted by Crippen LogP contribution is -2.30. The van der Waals surface area contributed by atoms with E-state index in [1.165, 1.54) is 7.11 Å². The van der Waals surface area contributed by atoms with Gasteiger partial charge in [0, 0.05) is 0 Å². The lowest BCUT2D eigenvalue weighted by Gasteiger charge is -2.15. The molecule has 0 aromatic heterocycles. The van der Waals surface area contributed by atoms with E-state index in [9.17, 15) is 4.79 Å². The minimum absolute atomic E-state index is 0.112. The van der Waals surface area contributed by atoms with Gasteiger partial charge in [-0.05, 0) is 5.56 Å². The maximum Gasteiger partial charge on any atom is 0.337 e. The summed E-state index contributed by atoms with van der Waals surface area (Å²) < 4.78 is 9.97. The first-order valence-electron chi connectivity index (χ1n) is 4.80. The molecule has 0 radical (unpaired) electrons. The van der Waals surface area contributed by atoms with Crippen molar-refractivity contribution in [3.63, 3.8) is 0 Å². The van der Waals surface area contributed by atoms with Crippen LogP contribution in [0.4, 0.5) is 0 Å². The van der Waals surface area contributed by atoms with Crippen LogP contribution in [0.1, 0.15) is 11.6 Å². The summed E-state index contributed by atoms with van der Waals surface area (Å²) in [5.41, 5.74) is 1.03. The van der Waals surface area contributed by atoms with Crippen LogP contribution in [0, 0.1) is 0 Å². The standard InChI is InChI=1S/C11H13NO3/c1-14-11(13)10-9(12-7-15-10)8-5-3-2-4-6-8/h2-6,9-10,12H,7H2,1H3. The van der Waals surface area contributed by atoms with Gasteiger partial charge in [0.1, 0.15) is 0 Å². The van der Waals surface area contributed by atoms with Gasteiger partial charge in [-0.1, -0.05) is 30.3 Å². The molecule has 1 aliphatic heterocycles. The Hall–Kier alpha value is -1.39. The quantitative estimate of drug-likeness (QED) is 0.730. The van der Waals surface area contributed by atoms with Gasteiger partial charge in [0.2, 0.25) is 0 Å². The van der Waals surface area contributed by atoms with E-state index in [1.54, 1.807) is 0 Å². The highest BCUT2D eigenvalue weighted by Crippen LogP contribution is 2.23. The molecule has 2 atom stereocenters. The van der Waals surface area contributed by atoms with Crippen molar-refractivity contribution in [2.75, 3.05) is 13.8 Å². The molecule has 0 saturated carbocycles. The number of esters is 1. The van der Waals surface area contributed by atoms with Crippen molar-refractivity contribution >= 4 is 5.97 Å². The Balaban J connectivity index is 2.18. The number of methoxy groups -OCH3 is 1. The predicted octanol–water partition coefficient (Wildman–Crippen LogP) is 0.847. The summed E-state index contributed by atoms with van der Waals surface area (Å²) in [4.78, 5) is 11.4. The Kier molecular flexibility index (Phi) is 2.99. The lowest BCUT2D eigenvalue weighted by atomic mass is 10.0. The summed E-state index contributed by atoms with van der Waals surface area (Å²) in [6.45, 7) is 0.374. The van der Waals surface area contributed by atoms with Crippen LogP contribution in [0.25, 0.3) is 0 Å². The van der Waals surface area contributed by atoms with Crippen molar-refractivity contribution in [3.8, 4) is 0 Å². The monoisotopic (exact) mass is 207 g/mol. The third-order valence-corrected chi connectivity index (χ3v) is 2.46. The molecule has 0 amide bonds. The van der Waals surface area contributed by atoms with Crippen LogP contribution >= 0.6 is 0 Å². The van der Waals surface area contributed by atoms with E-state index >= 15 is 0 Å². The van der Waals surface area contributed by atoms with Gasteiger partial charge in [0.05, 0.1) is 19.9 Å². The molecule has 1 aromatic rings. The van der Waals surface area contributed by atoms with Crippen molar-refractivity contribution in [2.24, 2.45) is 0 Å². The predicted molar refractivity (Wildman–Crippen MR) is 54.1 cm³/mol. The van der Waals surface area contributed by atoms with Crippen LogP contribution in [-0.4, -0.2) is 25.9 Å². The average Bonchev–Trinajstić information content (AvgIpc) is 2.78. The molecule has 0 aliphatic carbocycles. The second-order valence-corrected chi connectivity index (χ2v) is 3.35. The molecule has 1 heterocycles. The van der Waals surface area contributed by atoms with Crippen LogP contribution in [0.15, 0.2) is 30.3 Å². The molecule has 4 heteroatoms. The maximum absolute atomic E-state index is 11.4. The van der Waals surface area contributed by atoms with Crippen LogP contribution in [0.5, 0.6) is 0 Å². The number of carbonyl (C=O) groups excluding carboxylic acids is 1. The number of benzene rings is 1. The minimum Gasteiger partial charge on any atom is -0.467 e. The van der Waals surface area contributed by atoms with Gasteiger partial charge in [0.25, 0.3) is 0 Å². The van der Waals surface area contributed by atoms with Crippen LogP contribution < -0.4 is 5.32 Å². The Labute approximate surface area is 88.2 Å². The fourth-order valence-electron chi connectivity index (χ4n) is 1.70. The van der Waals surface area contributed by atoms with E-state index in [4.69, 9.17) is 4.74 Å². The summed E-state index contributed by atoms with van der Waals surface area (Å²) in [6.07, 6.45) is -0.544. The molecule has 2 rings (SSSR count). The van der Waals surface area contributed by atoms with Crippen molar-refractivity contribution in [2.45, 2.75) is 12.1 Å². The molecular weight excluding hydrogens is 194 g/mol. The zero-order valence-electron chi connectivity index (χ0n) is 8.47. The summed E-state index contributed by atoms with van der Waals surface area (Å²) in [6, 6.07) is 9.61. The second-order valence-electron chi connectivity index (χ2n) is 3.35. The molecule has 1 aliphatic rings. The molecule has 0 bridgehead atoms. The zero-order chi connectivity index (χ0) is 10.7. The van der Waals surface area contributed by atoms with Crippen LogP contribution in [-0.2, 0) is 14.3 Å². The van der Waals surface area contributed by atoms with Crippen molar-refractivity contribution in [1.29, 1.82) is 0 Å². The highest BCUT2D eigenvalue weighted by Gasteiger charge is 2.35. The largest absolute Gasteiger partial charge is 0.467 e. The normalized spacial score (nSPS) is 25.1. The van der Waals surface area contributed by atoms with Crippen molar-refractivity contribution < 1.29 is 14.3 Å². The number of hydrogen-bond acceptors (Lipinski definition) is 4. The topological polar surface area (TPSA) is 47.6 Å². The summed E-state index contributed by atoms with van der Waals surface area (Å²) in [5.74, 6) is -0.339. The Morgan fingerprint density at radius 2 is 2.20 bits per heavy atom. The summed E-state index contributed by atoms with van der Waals surface area (Å²) in [7, 11) is 1.37. The number of hydrogen-bond donors (Lipinski definition) is 1. The van der Waals surface area contributed by atoms with Gasteiger partial charge in [-0.2, -0.15) is 0 Å². The molecule has 1 N–H and O–H groups in total. The second kappa shape index (κ2) is 4.42. The van der Waals surface area contributed by atoms with Gasteiger partial charge in [0.15, 0.2) is 6.10 Å². The third kappa shape index (κ3) is 2.00. The Morgan fingerprint density at radius 1 is 1.47 bits per heavy atom. The smallest absolute Gasteiger partial charge is 0.337 e. The summed E-state index contributed by atoms with van der Waals surface area (Å²) in [5, 5.41) is 3.12.